The van der Waals surface area contributed by atoms with Crippen molar-refractivity contribution < 1.29 is 18.0 Å². The quantitative estimate of drug-likeness (QED) is 0.352. The number of carbonyl (C=O) groups excluding carboxylic acids is 2. The number of hydrogen-bond acceptors (Lipinski definition) is 4. The number of nitrogens with zero attached hydrogens (tertiary/aromatic N) is 2. The highest BCUT2D eigenvalue weighted by Crippen LogP contribution is 2.30. The topological polar surface area (TPSA) is 86.8 Å². The number of benzene rings is 3. The van der Waals surface area contributed by atoms with Gasteiger partial charge in [-0.15, -0.1) is 0 Å². The molecule has 7 nitrogen and oxygen atoms in total. The molecule has 3 aromatic carbocycles. The van der Waals surface area contributed by atoms with E-state index in [0.717, 1.165) is 9.87 Å². The molecule has 2 amide bonds. The largest absolute Gasteiger partial charge is 0.355 e. The lowest BCUT2D eigenvalue weighted by atomic mass is 10.1. The molecule has 0 aliphatic heterocycles. The van der Waals surface area contributed by atoms with Gasteiger partial charge in [-0.1, -0.05) is 59.1 Å². The Morgan fingerprint density at radius 2 is 1.63 bits per heavy atom. The van der Waals surface area contributed by atoms with E-state index in [1.807, 2.05) is 6.92 Å². The molecule has 0 bridgehead atoms. The lowest BCUT2D eigenvalue weighted by Crippen LogP contribution is -2.51. The van der Waals surface area contributed by atoms with Crippen molar-refractivity contribution in [3.05, 3.63) is 93.5 Å². The Morgan fingerprint density at radius 3 is 2.24 bits per heavy atom. The van der Waals surface area contributed by atoms with E-state index in [9.17, 15) is 18.0 Å². The van der Waals surface area contributed by atoms with Gasteiger partial charge in [-0.2, -0.15) is 0 Å². The molecule has 0 fully saturated rings. The first kappa shape index (κ1) is 29.5. The number of rotatable bonds is 10. The van der Waals surface area contributed by atoms with Gasteiger partial charge in [-0.3, -0.25) is 13.9 Å². The molecule has 1 atom stereocenters. The predicted molar refractivity (Wildman–Crippen MR) is 152 cm³/mol. The Morgan fingerprint density at radius 1 is 0.974 bits per heavy atom. The van der Waals surface area contributed by atoms with Gasteiger partial charge >= 0.3 is 0 Å². The van der Waals surface area contributed by atoms with Gasteiger partial charge in [0.2, 0.25) is 11.8 Å². The van der Waals surface area contributed by atoms with Gasteiger partial charge in [0, 0.05) is 23.1 Å². The molecular formula is C28H31Cl2N3O4S. The maximum atomic E-state index is 13.9. The molecule has 0 aromatic heterocycles. The molecule has 202 valence electrons. The number of anilines is 1. The number of aryl methyl sites for hydroxylation is 2. The summed E-state index contributed by atoms with van der Waals surface area (Å²) in [5.41, 5.74) is 2.42. The average Bonchev–Trinajstić information content (AvgIpc) is 2.87. The van der Waals surface area contributed by atoms with Crippen LogP contribution < -0.4 is 9.62 Å². The van der Waals surface area contributed by atoms with Gasteiger partial charge in [0.15, 0.2) is 0 Å². The number of nitrogens with one attached hydrogen (secondary N) is 1. The Balaban J connectivity index is 2.08. The van der Waals surface area contributed by atoms with Crippen molar-refractivity contribution in [3.8, 4) is 0 Å². The maximum absolute atomic E-state index is 13.9. The third kappa shape index (κ3) is 6.87. The molecule has 0 spiro atoms. The number of sulfonamides is 1. The molecule has 0 heterocycles. The highest BCUT2D eigenvalue weighted by molar-refractivity contribution is 7.92. The summed E-state index contributed by atoms with van der Waals surface area (Å²) in [5.74, 6) is -0.919. The number of halogens is 2. The van der Waals surface area contributed by atoms with Crippen LogP contribution in [0.3, 0.4) is 0 Å². The van der Waals surface area contributed by atoms with Gasteiger partial charge in [0.1, 0.15) is 12.6 Å². The molecule has 0 radical (unpaired) electrons. The number of carbonyl (C=O) groups is 2. The summed E-state index contributed by atoms with van der Waals surface area (Å²) in [6.07, 6.45) is 0. The molecule has 0 aliphatic carbocycles. The fourth-order valence-corrected chi connectivity index (χ4v) is 5.87. The second kappa shape index (κ2) is 12.7. The highest BCUT2D eigenvalue weighted by atomic mass is 35.5. The zero-order valence-electron chi connectivity index (χ0n) is 21.7. The van der Waals surface area contributed by atoms with E-state index in [4.69, 9.17) is 23.2 Å². The van der Waals surface area contributed by atoms with Gasteiger partial charge in [0.05, 0.1) is 10.6 Å². The van der Waals surface area contributed by atoms with Crippen LogP contribution in [-0.2, 0) is 26.2 Å². The van der Waals surface area contributed by atoms with Crippen molar-refractivity contribution in [3.63, 3.8) is 0 Å². The monoisotopic (exact) mass is 575 g/mol. The second-order valence-corrected chi connectivity index (χ2v) is 11.6. The summed E-state index contributed by atoms with van der Waals surface area (Å²) in [6, 6.07) is 17.3. The van der Waals surface area contributed by atoms with Crippen molar-refractivity contribution >= 4 is 50.7 Å². The maximum Gasteiger partial charge on any atom is 0.264 e. The molecule has 1 N–H and O–H groups in total. The van der Waals surface area contributed by atoms with E-state index in [1.54, 1.807) is 75.4 Å². The molecule has 1 unspecified atom stereocenters. The minimum Gasteiger partial charge on any atom is -0.355 e. The molecule has 0 saturated carbocycles. The summed E-state index contributed by atoms with van der Waals surface area (Å²) in [7, 11) is -4.16. The van der Waals surface area contributed by atoms with Crippen molar-refractivity contribution in [1.82, 2.24) is 10.2 Å². The van der Waals surface area contributed by atoms with Crippen LogP contribution in [0.25, 0.3) is 0 Å². The summed E-state index contributed by atoms with van der Waals surface area (Å²) in [5, 5.41) is 3.61. The predicted octanol–water partition coefficient (Wildman–Crippen LogP) is 5.36. The third-order valence-electron chi connectivity index (χ3n) is 6.13. The van der Waals surface area contributed by atoms with E-state index in [2.05, 4.69) is 5.32 Å². The van der Waals surface area contributed by atoms with Gasteiger partial charge in [0.25, 0.3) is 10.0 Å². The van der Waals surface area contributed by atoms with Gasteiger partial charge in [-0.05, 0) is 75.2 Å². The smallest absolute Gasteiger partial charge is 0.264 e. The van der Waals surface area contributed by atoms with Crippen LogP contribution in [0.4, 0.5) is 5.69 Å². The standard InChI is InChI=1S/C28H31Cl2N3O4S/c1-5-31-28(35)21(4)32(17-22-8-6-7-9-25(22)30)27(34)18-33(26-15-12-23(29)16-20(26)3)38(36,37)24-13-10-19(2)11-14-24/h6-16,21H,5,17-18H2,1-4H3,(H,31,35). The fourth-order valence-electron chi connectivity index (χ4n) is 3.96. The van der Waals surface area contributed by atoms with E-state index in [-0.39, 0.29) is 17.3 Å². The number of amides is 2. The summed E-state index contributed by atoms with van der Waals surface area (Å²) in [6.45, 7) is 6.84. The first-order valence-corrected chi connectivity index (χ1v) is 14.3. The minimum atomic E-state index is -4.16. The minimum absolute atomic E-state index is 0.0226. The Labute approximate surface area is 234 Å². The normalized spacial score (nSPS) is 12.1. The van der Waals surface area contributed by atoms with E-state index < -0.39 is 28.5 Å². The van der Waals surface area contributed by atoms with Gasteiger partial charge in [-0.25, -0.2) is 8.42 Å². The molecule has 0 aliphatic rings. The number of likely N-dealkylation sites (N-methyl/N-ethyl adjacent to an activating group) is 1. The number of hydrogen-bond donors (Lipinski definition) is 1. The zero-order chi connectivity index (χ0) is 28.0. The van der Waals surface area contributed by atoms with Crippen molar-refractivity contribution in [1.29, 1.82) is 0 Å². The Kier molecular flexibility index (Phi) is 9.82. The fraction of sp³-hybridized carbons (Fsp3) is 0.286. The first-order chi connectivity index (χ1) is 17.9. The average molecular weight is 577 g/mol. The van der Waals surface area contributed by atoms with E-state index >= 15 is 0 Å². The molecule has 0 saturated heterocycles. The lowest BCUT2D eigenvalue weighted by molar-refractivity contribution is -0.139. The third-order valence-corrected chi connectivity index (χ3v) is 8.51. The van der Waals surface area contributed by atoms with Crippen molar-refractivity contribution in [2.24, 2.45) is 0 Å². The second-order valence-electron chi connectivity index (χ2n) is 8.94. The lowest BCUT2D eigenvalue weighted by Gasteiger charge is -2.32. The van der Waals surface area contributed by atoms with Crippen molar-refractivity contribution in [2.45, 2.75) is 45.2 Å². The van der Waals surface area contributed by atoms with Crippen molar-refractivity contribution in [2.75, 3.05) is 17.4 Å². The van der Waals surface area contributed by atoms with Crippen LogP contribution in [0.15, 0.2) is 71.6 Å². The van der Waals surface area contributed by atoms with Crippen LogP contribution in [-0.4, -0.2) is 44.3 Å². The molecule has 38 heavy (non-hydrogen) atoms. The van der Waals surface area contributed by atoms with Crippen LogP contribution >= 0.6 is 23.2 Å². The first-order valence-electron chi connectivity index (χ1n) is 12.1. The molecule has 10 heteroatoms. The van der Waals surface area contributed by atoms with Crippen LogP contribution in [0.5, 0.6) is 0 Å². The van der Waals surface area contributed by atoms with Crippen LogP contribution in [0.2, 0.25) is 10.0 Å². The Hall–Kier alpha value is -3.07. The summed E-state index contributed by atoms with van der Waals surface area (Å²) >= 11 is 12.5. The Bertz CT molecular complexity index is 1410. The van der Waals surface area contributed by atoms with Gasteiger partial charge < -0.3 is 10.2 Å². The van der Waals surface area contributed by atoms with E-state index in [1.165, 1.54) is 17.0 Å². The van der Waals surface area contributed by atoms with E-state index in [0.29, 0.717) is 33.4 Å². The molecular weight excluding hydrogens is 545 g/mol. The zero-order valence-corrected chi connectivity index (χ0v) is 24.1. The molecule has 3 aromatic rings. The van der Waals surface area contributed by atoms with Crippen LogP contribution in [0, 0.1) is 13.8 Å². The molecule has 3 rings (SSSR count). The SMILES string of the molecule is CCNC(=O)C(C)N(Cc1ccccc1Cl)C(=O)CN(c1ccc(Cl)cc1C)S(=O)(=O)c1ccc(C)cc1. The highest BCUT2D eigenvalue weighted by Gasteiger charge is 2.33. The van der Waals surface area contributed by atoms with Crippen LogP contribution in [0.1, 0.15) is 30.5 Å². The summed E-state index contributed by atoms with van der Waals surface area (Å²) < 4.78 is 28.8. The summed E-state index contributed by atoms with van der Waals surface area (Å²) in [4.78, 5) is 28.0.